The molecule has 7 nitrogen and oxygen atoms in total. The Kier molecular flexibility index (Phi) is 5.93. The number of nitrogen functional groups attached to an aromatic ring is 1. The summed E-state index contributed by atoms with van der Waals surface area (Å²) in [7, 11) is 0. The van der Waals surface area contributed by atoms with Crippen LogP contribution in [0.25, 0.3) is 22.2 Å². The van der Waals surface area contributed by atoms with E-state index in [0.29, 0.717) is 11.1 Å². The lowest BCUT2D eigenvalue weighted by atomic mass is 10.1. The molecule has 3 N–H and O–H groups in total. The molecule has 0 spiro atoms. The quantitative estimate of drug-likeness (QED) is 0.476. The molecule has 32 heavy (non-hydrogen) atoms. The minimum atomic E-state index is -0.566. The second kappa shape index (κ2) is 8.97. The van der Waals surface area contributed by atoms with E-state index in [0.717, 1.165) is 17.0 Å². The Labute approximate surface area is 184 Å². The zero-order valence-electron chi connectivity index (χ0n) is 17.7. The van der Waals surface area contributed by atoms with E-state index in [-0.39, 0.29) is 29.8 Å². The van der Waals surface area contributed by atoms with Gasteiger partial charge < -0.3 is 15.8 Å². The summed E-state index contributed by atoms with van der Waals surface area (Å²) in [6.45, 7) is 4.10. The summed E-state index contributed by atoms with van der Waals surface area (Å²) in [6.07, 6.45) is 0.0696. The van der Waals surface area contributed by atoms with Crippen LogP contribution in [0.3, 0.4) is 0 Å². The summed E-state index contributed by atoms with van der Waals surface area (Å²) in [6, 6.07) is 17.6. The van der Waals surface area contributed by atoms with Crippen molar-refractivity contribution in [3.63, 3.8) is 0 Å². The number of amides is 1. The standard InChI is InChI=1S/C24H22FN5O2/c1-14(2)32-17-8-3-6-15(12-17)20-11-4-7-16(28-20)13-27-23(31)22-18-9-5-10-19(25)21(18)29-24(26)30-22/h3-12,14H,13H2,1-2H3,(H,27,31)(H2,26,29,30). The number of benzene rings is 2. The molecule has 8 heteroatoms. The first-order valence-corrected chi connectivity index (χ1v) is 10.1. The molecule has 0 unspecified atom stereocenters. The Morgan fingerprint density at radius 1 is 1.06 bits per heavy atom. The molecule has 4 rings (SSSR count). The number of para-hydroxylation sites is 1. The number of carbonyl (C=O) groups is 1. The van der Waals surface area contributed by atoms with Crippen LogP contribution in [0.15, 0.2) is 60.7 Å². The van der Waals surface area contributed by atoms with Crippen LogP contribution in [0.2, 0.25) is 0 Å². The van der Waals surface area contributed by atoms with Crippen molar-refractivity contribution in [2.45, 2.75) is 26.5 Å². The monoisotopic (exact) mass is 431 g/mol. The van der Waals surface area contributed by atoms with Crippen LogP contribution in [-0.2, 0) is 6.54 Å². The molecule has 162 valence electrons. The number of hydrogen-bond donors (Lipinski definition) is 2. The molecule has 0 fully saturated rings. The average molecular weight is 431 g/mol. The highest BCUT2D eigenvalue weighted by atomic mass is 19.1. The molecule has 2 aromatic carbocycles. The number of rotatable bonds is 6. The number of fused-ring (bicyclic) bond motifs is 1. The summed E-state index contributed by atoms with van der Waals surface area (Å²) in [5, 5.41) is 3.07. The average Bonchev–Trinajstić information content (AvgIpc) is 2.77. The molecule has 2 heterocycles. The lowest BCUT2D eigenvalue weighted by molar-refractivity contribution is 0.0947. The Balaban J connectivity index is 1.54. The Bertz CT molecular complexity index is 1290. The Hall–Kier alpha value is -4.07. The fraction of sp³-hybridized carbons (Fsp3) is 0.167. The predicted molar refractivity (Wildman–Crippen MR) is 121 cm³/mol. The van der Waals surface area contributed by atoms with Crippen LogP contribution in [-0.4, -0.2) is 27.0 Å². The summed E-state index contributed by atoms with van der Waals surface area (Å²) < 4.78 is 19.8. The molecule has 0 atom stereocenters. The number of halogens is 1. The largest absolute Gasteiger partial charge is 0.491 e. The van der Waals surface area contributed by atoms with Gasteiger partial charge in [0.1, 0.15) is 22.8 Å². The van der Waals surface area contributed by atoms with Gasteiger partial charge in [0.2, 0.25) is 5.95 Å². The number of pyridine rings is 1. The van der Waals surface area contributed by atoms with Gasteiger partial charge in [-0.05, 0) is 44.2 Å². The highest BCUT2D eigenvalue weighted by molar-refractivity contribution is 6.04. The van der Waals surface area contributed by atoms with Crippen LogP contribution in [0, 0.1) is 5.82 Å². The molecular formula is C24H22FN5O2. The Morgan fingerprint density at radius 2 is 1.84 bits per heavy atom. The summed E-state index contributed by atoms with van der Waals surface area (Å²) in [5.74, 6) is -0.465. The molecule has 1 amide bonds. The third-order valence-electron chi connectivity index (χ3n) is 4.65. The maximum absolute atomic E-state index is 14.1. The summed E-state index contributed by atoms with van der Waals surface area (Å²) in [5.41, 5.74) is 8.01. The second-order valence-electron chi connectivity index (χ2n) is 7.46. The van der Waals surface area contributed by atoms with E-state index in [1.165, 1.54) is 12.1 Å². The minimum absolute atomic E-state index is 0.00812. The predicted octanol–water partition coefficient (Wildman–Crippen LogP) is 4.13. The lowest BCUT2D eigenvalue weighted by Gasteiger charge is -2.11. The normalized spacial score (nSPS) is 11.0. The highest BCUT2D eigenvalue weighted by Gasteiger charge is 2.16. The van der Waals surface area contributed by atoms with Gasteiger partial charge in [0.05, 0.1) is 24.0 Å². The van der Waals surface area contributed by atoms with Gasteiger partial charge in [-0.25, -0.2) is 14.4 Å². The van der Waals surface area contributed by atoms with E-state index in [4.69, 9.17) is 10.5 Å². The SMILES string of the molecule is CC(C)Oc1cccc(-c2cccc(CNC(=O)c3nc(N)nc4c(F)cccc34)n2)c1. The van der Waals surface area contributed by atoms with Crippen LogP contribution in [0.4, 0.5) is 10.3 Å². The van der Waals surface area contributed by atoms with Gasteiger partial charge in [-0.15, -0.1) is 0 Å². The van der Waals surface area contributed by atoms with Crippen LogP contribution < -0.4 is 15.8 Å². The fourth-order valence-electron chi connectivity index (χ4n) is 3.30. The van der Waals surface area contributed by atoms with Crippen molar-refractivity contribution in [2.75, 3.05) is 5.73 Å². The lowest BCUT2D eigenvalue weighted by Crippen LogP contribution is -2.25. The second-order valence-corrected chi connectivity index (χ2v) is 7.46. The number of aromatic nitrogens is 3. The minimum Gasteiger partial charge on any atom is -0.491 e. The van der Waals surface area contributed by atoms with Gasteiger partial charge in [0.15, 0.2) is 0 Å². The first-order chi connectivity index (χ1) is 15.4. The van der Waals surface area contributed by atoms with Gasteiger partial charge in [0.25, 0.3) is 5.91 Å². The van der Waals surface area contributed by atoms with Crippen molar-refractivity contribution in [1.29, 1.82) is 0 Å². The molecule has 0 radical (unpaired) electrons. The summed E-state index contributed by atoms with van der Waals surface area (Å²) >= 11 is 0. The van der Waals surface area contributed by atoms with Crippen LogP contribution in [0.1, 0.15) is 30.0 Å². The maximum Gasteiger partial charge on any atom is 0.271 e. The van der Waals surface area contributed by atoms with Gasteiger partial charge in [0, 0.05) is 10.9 Å². The van der Waals surface area contributed by atoms with E-state index in [2.05, 4.69) is 20.3 Å². The van der Waals surface area contributed by atoms with E-state index < -0.39 is 11.7 Å². The fourth-order valence-corrected chi connectivity index (χ4v) is 3.30. The van der Waals surface area contributed by atoms with Crippen molar-refractivity contribution >= 4 is 22.8 Å². The topological polar surface area (TPSA) is 103 Å². The molecule has 0 saturated heterocycles. The van der Waals surface area contributed by atoms with Gasteiger partial charge in [-0.3, -0.25) is 9.78 Å². The molecule has 0 aliphatic heterocycles. The number of ether oxygens (including phenoxy) is 1. The first kappa shape index (κ1) is 21.2. The zero-order chi connectivity index (χ0) is 22.7. The van der Waals surface area contributed by atoms with E-state index in [1.807, 2.05) is 56.3 Å². The summed E-state index contributed by atoms with van der Waals surface area (Å²) in [4.78, 5) is 25.3. The first-order valence-electron chi connectivity index (χ1n) is 10.1. The number of hydrogen-bond acceptors (Lipinski definition) is 6. The number of carbonyl (C=O) groups excluding carboxylic acids is 1. The number of nitrogens with two attached hydrogens (primary N) is 1. The Morgan fingerprint density at radius 3 is 2.66 bits per heavy atom. The molecule has 4 aromatic rings. The van der Waals surface area contributed by atoms with E-state index >= 15 is 0 Å². The van der Waals surface area contributed by atoms with Crippen molar-refractivity contribution in [2.24, 2.45) is 0 Å². The smallest absolute Gasteiger partial charge is 0.271 e. The molecule has 2 aromatic heterocycles. The third kappa shape index (κ3) is 4.64. The van der Waals surface area contributed by atoms with E-state index in [9.17, 15) is 9.18 Å². The molecule has 0 aliphatic rings. The number of anilines is 1. The van der Waals surface area contributed by atoms with Gasteiger partial charge in [-0.1, -0.05) is 30.3 Å². The van der Waals surface area contributed by atoms with E-state index in [1.54, 1.807) is 6.07 Å². The van der Waals surface area contributed by atoms with Crippen molar-refractivity contribution < 1.29 is 13.9 Å². The van der Waals surface area contributed by atoms with Gasteiger partial charge >= 0.3 is 0 Å². The third-order valence-corrected chi connectivity index (χ3v) is 4.65. The van der Waals surface area contributed by atoms with Crippen LogP contribution >= 0.6 is 0 Å². The highest BCUT2D eigenvalue weighted by Crippen LogP contribution is 2.23. The number of nitrogens with one attached hydrogen (secondary N) is 1. The molecule has 0 bridgehead atoms. The molecule has 0 saturated carbocycles. The number of nitrogens with zero attached hydrogens (tertiary/aromatic N) is 3. The van der Waals surface area contributed by atoms with Crippen molar-refractivity contribution in [1.82, 2.24) is 20.3 Å². The zero-order valence-corrected chi connectivity index (χ0v) is 17.7. The van der Waals surface area contributed by atoms with Crippen molar-refractivity contribution in [3.8, 4) is 17.0 Å². The van der Waals surface area contributed by atoms with Crippen molar-refractivity contribution in [3.05, 3.63) is 77.9 Å². The molecular weight excluding hydrogens is 409 g/mol. The van der Waals surface area contributed by atoms with Gasteiger partial charge in [-0.2, -0.15) is 0 Å². The molecule has 0 aliphatic carbocycles. The van der Waals surface area contributed by atoms with Crippen LogP contribution in [0.5, 0.6) is 5.75 Å². The maximum atomic E-state index is 14.1.